The van der Waals surface area contributed by atoms with Gasteiger partial charge in [-0.2, -0.15) is 0 Å². The quantitative estimate of drug-likeness (QED) is 0.662. The van der Waals surface area contributed by atoms with Crippen molar-refractivity contribution in [3.63, 3.8) is 0 Å². The number of nitrogens with zero attached hydrogens (tertiary/aromatic N) is 1. The molecule has 0 aliphatic carbocycles. The van der Waals surface area contributed by atoms with Crippen LogP contribution >= 0.6 is 0 Å². The fraction of sp³-hybridized carbons (Fsp3) is 0.136. The van der Waals surface area contributed by atoms with Crippen LogP contribution in [0.5, 0.6) is 0 Å². The summed E-state index contributed by atoms with van der Waals surface area (Å²) in [6, 6.07) is 25.3. The van der Waals surface area contributed by atoms with E-state index in [4.69, 9.17) is 0 Å². The Labute approximate surface area is 143 Å². The van der Waals surface area contributed by atoms with Gasteiger partial charge in [0.1, 0.15) is 0 Å². The molecule has 0 spiro atoms. The molecule has 3 aromatic rings. The average Bonchev–Trinajstić information content (AvgIpc) is 2.67. The van der Waals surface area contributed by atoms with Crippen LogP contribution < -0.4 is 5.32 Å². The molecule has 120 valence electrons. The molecule has 1 heterocycles. The first kappa shape index (κ1) is 16.2. The minimum absolute atomic E-state index is 0.221. The largest absolute Gasteiger partial charge is 0.306 e. The van der Waals surface area contributed by atoms with Crippen molar-refractivity contribution in [2.75, 3.05) is 0 Å². The Hall–Kier alpha value is -2.71. The van der Waals surface area contributed by atoms with Gasteiger partial charge in [0.15, 0.2) is 0 Å². The molecule has 1 unspecified atom stereocenters. The third-order valence-corrected chi connectivity index (χ3v) is 4.12. The van der Waals surface area contributed by atoms with E-state index in [-0.39, 0.29) is 6.04 Å². The Balaban J connectivity index is 1.74. The van der Waals surface area contributed by atoms with Crippen molar-refractivity contribution in [1.29, 1.82) is 0 Å². The highest BCUT2D eigenvalue weighted by atomic mass is 14.9. The summed E-state index contributed by atoms with van der Waals surface area (Å²) in [5.41, 5.74) is 4.75. The van der Waals surface area contributed by atoms with Gasteiger partial charge in [0.25, 0.3) is 0 Å². The Morgan fingerprint density at radius 3 is 2.29 bits per heavy atom. The van der Waals surface area contributed by atoms with E-state index in [1.807, 2.05) is 24.4 Å². The minimum Gasteiger partial charge on any atom is -0.306 e. The van der Waals surface area contributed by atoms with Gasteiger partial charge in [0.05, 0.1) is 0 Å². The summed E-state index contributed by atoms with van der Waals surface area (Å²) in [6.45, 7) is 5.10. The predicted octanol–water partition coefficient (Wildman–Crippen LogP) is 5.02. The van der Waals surface area contributed by atoms with Gasteiger partial charge in [-0.05, 0) is 34.8 Å². The highest BCUT2D eigenvalue weighted by Gasteiger charge is 2.13. The zero-order valence-electron chi connectivity index (χ0n) is 13.7. The molecular formula is C22H22N2. The molecule has 24 heavy (non-hydrogen) atoms. The number of benzene rings is 2. The van der Waals surface area contributed by atoms with Crippen molar-refractivity contribution in [2.24, 2.45) is 0 Å². The molecule has 0 radical (unpaired) electrons. The summed E-state index contributed by atoms with van der Waals surface area (Å²) in [7, 11) is 0. The standard InChI is InChI=1S/C22H22N2/c1-18(21-13-8-14-23-17-21)15-22(20-11-6-3-7-12-20)24-16-19-9-4-2-5-10-19/h2-14,17,22,24H,1,15-16H2. The number of hydrogen-bond donors (Lipinski definition) is 1. The van der Waals surface area contributed by atoms with Crippen molar-refractivity contribution in [3.05, 3.63) is 108 Å². The maximum atomic E-state index is 4.27. The number of hydrogen-bond acceptors (Lipinski definition) is 2. The maximum absolute atomic E-state index is 4.27. The van der Waals surface area contributed by atoms with Crippen LogP contribution in [0.2, 0.25) is 0 Å². The topological polar surface area (TPSA) is 24.9 Å². The summed E-state index contributed by atoms with van der Waals surface area (Å²) in [5, 5.41) is 3.67. The van der Waals surface area contributed by atoms with Crippen LogP contribution in [-0.2, 0) is 6.54 Å². The van der Waals surface area contributed by atoms with E-state index in [9.17, 15) is 0 Å². The molecule has 2 heteroatoms. The second kappa shape index (κ2) is 8.23. The van der Waals surface area contributed by atoms with E-state index in [0.29, 0.717) is 0 Å². The molecule has 0 aliphatic rings. The molecule has 3 rings (SSSR count). The lowest BCUT2D eigenvalue weighted by atomic mass is 9.96. The first-order valence-corrected chi connectivity index (χ1v) is 8.23. The van der Waals surface area contributed by atoms with Crippen LogP contribution in [0.4, 0.5) is 0 Å². The molecule has 1 aromatic heterocycles. The van der Waals surface area contributed by atoms with Gasteiger partial charge in [-0.15, -0.1) is 0 Å². The highest BCUT2D eigenvalue weighted by molar-refractivity contribution is 5.63. The second-order valence-corrected chi connectivity index (χ2v) is 5.88. The summed E-state index contributed by atoms with van der Waals surface area (Å²) in [4.78, 5) is 4.20. The van der Waals surface area contributed by atoms with Crippen molar-refractivity contribution in [1.82, 2.24) is 10.3 Å². The lowest BCUT2D eigenvalue weighted by Gasteiger charge is -2.21. The Bertz CT molecular complexity index is 752. The number of nitrogens with one attached hydrogen (secondary N) is 1. The Morgan fingerprint density at radius 2 is 1.62 bits per heavy atom. The molecule has 1 atom stereocenters. The first-order chi connectivity index (χ1) is 11.8. The van der Waals surface area contributed by atoms with Crippen molar-refractivity contribution >= 4 is 5.57 Å². The van der Waals surface area contributed by atoms with E-state index >= 15 is 0 Å². The Morgan fingerprint density at radius 1 is 0.917 bits per heavy atom. The SMILES string of the molecule is C=C(CC(NCc1ccccc1)c1ccccc1)c1cccnc1. The van der Waals surface area contributed by atoms with Gasteiger partial charge in [0, 0.05) is 25.0 Å². The fourth-order valence-corrected chi connectivity index (χ4v) is 2.77. The molecule has 1 N–H and O–H groups in total. The van der Waals surface area contributed by atoms with Gasteiger partial charge >= 0.3 is 0 Å². The zero-order chi connectivity index (χ0) is 16.6. The highest BCUT2D eigenvalue weighted by Crippen LogP contribution is 2.26. The molecule has 0 saturated carbocycles. The van der Waals surface area contributed by atoms with E-state index in [0.717, 1.165) is 24.1 Å². The molecule has 0 bridgehead atoms. The van der Waals surface area contributed by atoms with Gasteiger partial charge < -0.3 is 5.32 Å². The average molecular weight is 314 g/mol. The zero-order valence-corrected chi connectivity index (χ0v) is 13.7. The van der Waals surface area contributed by atoms with E-state index in [2.05, 4.69) is 71.5 Å². The molecule has 0 saturated heterocycles. The van der Waals surface area contributed by atoms with Crippen LogP contribution in [0.15, 0.2) is 91.8 Å². The predicted molar refractivity (Wildman–Crippen MR) is 100 cm³/mol. The third kappa shape index (κ3) is 4.40. The first-order valence-electron chi connectivity index (χ1n) is 8.23. The summed E-state index contributed by atoms with van der Waals surface area (Å²) >= 11 is 0. The van der Waals surface area contributed by atoms with Gasteiger partial charge in [0.2, 0.25) is 0 Å². The number of aromatic nitrogens is 1. The molecule has 0 aliphatic heterocycles. The van der Waals surface area contributed by atoms with Crippen LogP contribution in [0.3, 0.4) is 0 Å². The molecule has 0 amide bonds. The number of rotatable bonds is 7. The molecule has 0 fully saturated rings. The van der Waals surface area contributed by atoms with Crippen molar-refractivity contribution in [2.45, 2.75) is 19.0 Å². The van der Waals surface area contributed by atoms with Gasteiger partial charge in [-0.3, -0.25) is 4.98 Å². The maximum Gasteiger partial charge on any atom is 0.0363 e. The second-order valence-electron chi connectivity index (χ2n) is 5.88. The van der Waals surface area contributed by atoms with Crippen LogP contribution in [0.25, 0.3) is 5.57 Å². The van der Waals surface area contributed by atoms with Crippen LogP contribution in [0, 0.1) is 0 Å². The molecular weight excluding hydrogens is 292 g/mol. The van der Waals surface area contributed by atoms with Gasteiger partial charge in [-0.25, -0.2) is 0 Å². The molecule has 2 nitrogen and oxygen atoms in total. The Kier molecular flexibility index (Phi) is 5.54. The van der Waals surface area contributed by atoms with Crippen LogP contribution in [-0.4, -0.2) is 4.98 Å². The van der Waals surface area contributed by atoms with Crippen molar-refractivity contribution < 1.29 is 0 Å². The third-order valence-electron chi connectivity index (χ3n) is 4.12. The number of pyridine rings is 1. The summed E-state index contributed by atoms with van der Waals surface area (Å²) in [5.74, 6) is 0. The van der Waals surface area contributed by atoms with Crippen LogP contribution in [0.1, 0.15) is 29.2 Å². The molecule has 2 aromatic carbocycles. The summed E-state index contributed by atoms with van der Waals surface area (Å²) < 4.78 is 0. The normalized spacial score (nSPS) is 11.8. The van der Waals surface area contributed by atoms with E-state index in [1.54, 1.807) is 6.20 Å². The van der Waals surface area contributed by atoms with E-state index < -0.39 is 0 Å². The lowest BCUT2D eigenvalue weighted by molar-refractivity contribution is 0.544. The monoisotopic (exact) mass is 314 g/mol. The van der Waals surface area contributed by atoms with Gasteiger partial charge in [-0.1, -0.05) is 73.3 Å². The smallest absolute Gasteiger partial charge is 0.0363 e. The lowest BCUT2D eigenvalue weighted by Crippen LogP contribution is -2.21. The van der Waals surface area contributed by atoms with Crippen molar-refractivity contribution in [3.8, 4) is 0 Å². The van der Waals surface area contributed by atoms with E-state index in [1.165, 1.54) is 11.1 Å². The summed E-state index contributed by atoms with van der Waals surface area (Å²) in [6.07, 6.45) is 4.52. The minimum atomic E-state index is 0.221. The fourth-order valence-electron chi connectivity index (χ4n) is 2.77.